The molecule has 0 bridgehead atoms. The summed E-state index contributed by atoms with van der Waals surface area (Å²) < 4.78 is 12.9. The minimum atomic E-state index is -0.160. The van der Waals surface area contributed by atoms with E-state index in [2.05, 4.69) is 34.5 Å². The number of para-hydroxylation sites is 1. The maximum absolute atomic E-state index is 12.9. The van der Waals surface area contributed by atoms with E-state index in [0.29, 0.717) is 6.04 Å². The normalized spacial score (nSPS) is 18.8. The molecule has 21 heavy (non-hydrogen) atoms. The van der Waals surface area contributed by atoms with Gasteiger partial charge in [0.25, 0.3) is 0 Å². The number of hydrogen-bond donors (Lipinski definition) is 1. The SMILES string of the molecule is Fc1ccc(CCN2CCC(Nc3ccccc3)C2)cc1. The second-order valence-corrected chi connectivity index (χ2v) is 5.67. The number of hydrogen-bond acceptors (Lipinski definition) is 2. The Morgan fingerprint density at radius 3 is 2.57 bits per heavy atom. The Morgan fingerprint density at radius 2 is 1.81 bits per heavy atom. The first-order valence-corrected chi connectivity index (χ1v) is 7.58. The highest BCUT2D eigenvalue weighted by Gasteiger charge is 2.21. The van der Waals surface area contributed by atoms with E-state index >= 15 is 0 Å². The predicted octanol–water partition coefficient (Wildman–Crippen LogP) is 3.55. The first-order chi connectivity index (χ1) is 10.3. The molecule has 1 heterocycles. The first kappa shape index (κ1) is 14.1. The highest BCUT2D eigenvalue weighted by atomic mass is 19.1. The summed E-state index contributed by atoms with van der Waals surface area (Å²) in [7, 11) is 0. The molecular formula is C18H21FN2. The highest BCUT2D eigenvalue weighted by Crippen LogP contribution is 2.16. The third kappa shape index (κ3) is 4.05. The number of nitrogens with one attached hydrogen (secondary N) is 1. The third-order valence-corrected chi connectivity index (χ3v) is 4.05. The van der Waals surface area contributed by atoms with Gasteiger partial charge in [-0.3, -0.25) is 0 Å². The fourth-order valence-corrected chi connectivity index (χ4v) is 2.86. The molecule has 1 saturated heterocycles. The van der Waals surface area contributed by atoms with Crippen LogP contribution in [0.2, 0.25) is 0 Å². The van der Waals surface area contributed by atoms with Gasteiger partial charge in [-0.25, -0.2) is 4.39 Å². The van der Waals surface area contributed by atoms with E-state index < -0.39 is 0 Å². The van der Waals surface area contributed by atoms with Crippen LogP contribution in [0.25, 0.3) is 0 Å². The van der Waals surface area contributed by atoms with Crippen molar-refractivity contribution in [1.29, 1.82) is 0 Å². The molecule has 2 aromatic rings. The van der Waals surface area contributed by atoms with Gasteiger partial charge in [0.15, 0.2) is 0 Å². The molecule has 0 radical (unpaired) electrons. The van der Waals surface area contributed by atoms with Gasteiger partial charge in [-0.2, -0.15) is 0 Å². The van der Waals surface area contributed by atoms with Crippen molar-refractivity contribution in [3.63, 3.8) is 0 Å². The minimum Gasteiger partial charge on any atom is -0.381 e. The van der Waals surface area contributed by atoms with Gasteiger partial charge in [0.2, 0.25) is 0 Å². The second kappa shape index (κ2) is 6.72. The molecule has 1 N–H and O–H groups in total. The van der Waals surface area contributed by atoms with E-state index in [0.717, 1.165) is 26.1 Å². The summed E-state index contributed by atoms with van der Waals surface area (Å²) in [5.41, 5.74) is 2.40. The molecule has 3 heteroatoms. The average molecular weight is 284 g/mol. The molecule has 1 unspecified atom stereocenters. The Kier molecular flexibility index (Phi) is 4.51. The molecule has 110 valence electrons. The summed E-state index contributed by atoms with van der Waals surface area (Å²) in [5.74, 6) is -0.160. The maximum atomic E-state index is 12.9. The van der Waals surface area contributed by atoms with Gasteiger partial charge in [-0.1, -0.05) is 30.3 Å². The van der Waals surface area contributed by atoms with Gasteiger partial charge < -0.3 is 10.2 Å². The number of benzene rings is 2. The van der Waals surface area contributed by atoms with Crippen molar-refractivity contribution in [2.75, 3.05) is 25.0 Å². The largest absolute Gasteiger partial charge is 0.381 e. The zero-order valence-electron chi connectivity index (χ0n) is 12.1. The van der Waals surface area contributed by atoms with Crippen molar-refractivity contribution in [2.45, 2.75) is 18.9 Å². The zero-order chi connectivity index (χ0) is 14.5. The number of likely N-dealkylation sites (tertiary alicyclic amines) is 1. The van der Waals surface area contributed by atoms with Crippen LogP contribution in [0.1, 0.15) is 12.0 Å². The minimum absolute atomic E-state index is 0.160. The quantitative estimate of drug-likeness (QED) is 0.903. The molecule has 0 aliphatic carbocycles. The Balaban J connectivity index is 1.45. The summed E-state index contributed by atoms with van der Waals surface area (Å²) in [6.07, 6.45) is 2.16. The first-order valence-electron chi connectivity index (χ1n) is 7.58. The molecule has 0 aromatic heterocycles. The van der Waals surface area contributed by atoms with E-state index in [1.54, 1.807) is 12.1 Å². The van der Waals surface area contributed by atoms with E-state index in [1.807, 2.05) is 18.2 Å². The Morgan fingerprint density at radius 1 is 1.05 bits per heavy atom. The summed E-state index contributed by atoms with van der Waals surface area (Å²) in [5, 5.41) is 3.59. The van der Waals surface area contributed by atoms with Crippen LogP contribution in [0.3, 0.4) is 0 Å². The number of halogens is 1. The molecule has 1 aliphatic rings. The fraction of sp³-hybridized carbons (Fsp3) is 0.333. The standard InChI is InChI=1S/C18H21FN2/c19-16-8-6-15(7-9-16)10-12-21-13-11-18(14-21)20-17-4-2-1-3-5-17/h1-9,18,20H,10-14H2. The third-order valence-electron chi connectivity index (χ3n) is 4.05. The lowest BCUT2D eigenvalue weighted by molar-refractivity contribution is 0.340. The summed E-state index contributed by atoms with van der Waals surface area (Å²) in [6.45, 7) is 3.25. The molecular weight excluding hydrogens is 263 g/mol. The Hall–Kier alpha value is -1.87. The Bertz CT molecular complexity index is 553. The molecule has 0 amide bonds. The molecule has 1 aliphatic heterocycles. The molecule has 0 spiro atoms. The lowest BCUT2D eigenvalue weighted by Crippen LogP contribution is -2.27. The van der Waals surface area contributed by atoms with Crippen LogP contribution in [0.15, 0.2) is 54.6 Å². The van der Waals surface area contributed by atoms with Gasteiger partial charge >= 0.3 is 0 Å². The molecule has 0 saturated carbocycles. The molecule has 1 fully saturated rings. The van der Waals surface area contributed by atoms with Crippen LogP contribution in [0, 0.1) is 5.82 Å². The summed E-state index contributed by atoms with van der Waals surface area (Å²) in [6, 6.07) is 17.7. The number of nitrogens with zero attached hydrogens (tertiary/aromatic N) is 1. The van der Waals surface area contributed by atoms with Crippen LogP contribution in [0.4, 0.5) is 10.1 Å². The van der Waals surface area contributed by atoms with Gasteiger partial charge in [-0.05, 0) is 42.7 Å². The van der Waals surface area contributed by atoms with Crippen LogP contribution in [-0.2, 0) is 6.42 Å². The molecule has 2 aromatic carbocycles. The van der Waals surface area contributed by atoms with Crippen LogP contribution < -0.4 is 5.32 Å². The van der Waals surface area contributed by atoms with Gasteiger partial charge in [0.05, 0.1) is 0 Å². The van der Waals surface area contributed by atoms with E-state index in [-0.39, 0.29) is 5.82 Å². The van der Waals surface area contributed by atoms with Gasteiger partial charge in [0, 0.05) is 31.4 Å². The van der Waals surface area contributed by atoms with Crippen molar-refractivity contribution < 1.29 is 4.39 Å². The number of rotatable bonds is 5. The zero-order valence-corrected chi connectivity index (χ0v) is 12.1. The highest BCUT2D eigenvalue weighted by molar-refractivity contribution is 5.43. The van der Waals surface area contributed by atoms with Crippen LogP contribution in [-0.4, -0.2) is 30.6 Å². The lowest BCUT2D eigenvalue weighted by atomic mass is 10.1. The lowest BCUT2D eigenvalue weighted by Gasteiger charge is -2.17. The smallest absolute Gasteiger partial charge is 0.123 e. The van der Waals surface area contributed by atoms with E-state index in [9.17, 15) is 4.39 Å². The van der Waals surface area contributed by atoms with Crippen LogP contribution >= 0.6 is 0 Å². The van der Waals surface area contributed by atoms with Crippen molar-refractivity contribution in [3.05, 3.63) is 66.0 Å². The van der Waals surface area contributed by atoms with Gasteiger partial charge in [-0.15, -0.1) is 0 Å². The number of anilines is 1. The Labute approximate surface area is 125 Å². The topological polar surface area (TPSA) is 15.3 Å². The van der Waals surface area contributed by atoms with Crippen molar-refractivity contribution >= 4 is 5.69 Å². The van der Waals surface area contributed by atoms with Crippen LogP contribution in [0.5, 0.6) is 0 Å². The van der Waals surface area contributed by atoms with Gasteiger partial charge in [0.1, 0.15) is 5.82 Å². The molecule has 1 atom stereocenters. The van der Waals surface area contributed by atoms with Crippen molar-refractivity contribution in [3.8, 4) is 0 Å². The average Bonchev–Trinajstić information content (AvgIpc) is 2.95. The monoisotopic (exact) mass is 284 g/mol. The second-order valence-electron chi connectivity index (χ2n) is 5.67. The maximum Gasteiger partial charge on any atom is 0.123 e. The van der Waals surface area contributed by atoms with Crippen molar-refractivity contribution in [2.24, 2.45) is 0 Å². The predicted molar refractivity (Wildman–Crippen MR) is 85.0 cm³/mol. The molecule has 2 nitrogen and oxygen atoms in total. The molecule has 3 rings (SSSR count). The van der Waals surface area contributed by atoms with E-state index in [1.165, 1.54) is 17.7 Å². The summed E-state index contributed by atoms with van der Waals surface area (Å²) in [4.78, 5) is 2.48. The van der Waals surface area contributed by atoms with Crippen molar-refractivity contribution in [1.82, 2.24) is 4.90 Å². The van der Waals surface area contributed by atoms with E-state index in [4.69, 9.17) is 0 Å². The summed E-state index contributed by atoms with van der Waals surface area (Å²) >= 11 is 0. The fourth-order valence-electron chi connectivity index (χ4n) is 2.86.